The molecule has 2 aliphatic rings. The van der Waals surface area contributed by atoms with E-state index in [-0.39, 0.29) is 22.7 Å². The van der Waals surface area contributed by atoms with Crippen LogP contribution in [0.1, 0.15) is 40.5 Å². The van der Waals surface area contributed by atoms with Crippen molar-refractivity contribution in [3.8, 4) is 0 Å². The second kappa shape index (κ2) is 3.69. The van der Waals surface area contributed by atoms with Crippen LogP contribution in [0.3, 0.4) is 0 Å². The van der Waals surface area contributed by atoms with Gasteiger partial charge in [0.15, 0.2) is 0 Å². The topological polar surface area (TPSA) is 21.8 Å². The Morgan fingerprint density at radius 1 is 1.41 bits per heavy atom. The number of epoxide rings is 1. The maximum absolute atomic E-state index is 6.17. The minimum atomic E-state index is -0.183. The van der Waals surface area contributed by atoms with Gasteiger partial charge in [0.25, 0.3) is 0 Å². The SMILES string of the molecule is C=C(C)/C=C/[C@]12O[C@@]1(C)[C@H](OC)CCC2(C)C. The van der Waals surface area contributed by atoms with E-state index in [0.29, 0.717) is 0 Å². The monoisotopic (exact) mass is 236 g/mol. The van der Waals surface area contributed by atoms with E-state index < -0.39 is 0 Å². The standard InChI is InChI=1S/C15H24O2/c1-11(2)7-10-15-13(3,4)9-8-12(16-6)14(15,5)17-15/h7,10,12H,1,8-9H2,2-6H3/b10-7+/t12-,14+,15-/m1/s1. The number of rotatable bonds is 3. The summed E-state index contributed by atoms with van der Waals surface area (Å²) in [6.45, 7) is 12.7. The molecule has 1 heterocycles. The van der Waals surface area contributed by atoms with E-state index in [1.807, 2.05) is 6.92 Å². The molecular weight excluding hydrogens is 212 g/mol. The summed E-state index contributed by atoms with van der Waals surface area (Å²) >= 11 is 0. The Labute approximate surface area is 105 Å². The third-order valence-corrected chi connectivity index (χ3v) is 4.61. The smallest absolute Gasteiger partial charge is 0.126 e. The quantitative estimate of drug-likeness (QED) is 0.553. The third-order valence-electron chi connectivity index (χ3n) is 4.61. The van der Waals surface area contributed by atoms with Crippen molar-refractivity contribution in [3.05, 3.63) is 24.3 Å². The summed E-state index contributed by atoms with van der Waals surface area (Å²) in [5, 5.41) is 0. The molecule has 0 aromatic rings. The van der Waals surface area contributed by atoms with Crippen LogP contribution in [0.5, 0.6) is 0 Å². The molecule has 0 unspecified atom stereocenters. The summed E-state index contributed by atoms with van der Waals surface area (Å²) in [5.74, 6) is 0. The van der Waals surface area contributed by atoms with Gasteiger partial charge in [0.2, 0.25) is 0 Å². The highest BCUT2D eigenvalue weighted by Gasteiger charge is 2.77. The molecule has 0 aromatic carbocycles. The summed E-state index contributed by atoms with van der Waals surface area (Å²) in [5.41, 5.74) is 0.864. The van der Waals surface area contributed by atoms with Gasteiger partial charge in [-0.2, -0.15) is 0 Å². The van der Waals surface area contributed by atoms with Crippen molar-refractivity contribution in [2.45, 2.75) is 57.8 Å². The molecule has 0 amide bonds. The van der Waals surface area contributed by atoms with Gasteiger partial charge in [0.05, 0.1) is 6.10 Å². The first-order valence-electron chi connectivity index (χ1n) is 6.37. The molecular formula is C15H24O2. The molecule has 0 radical (unpaired) electrons. The second-order valence-corrected chi connectivity index (χ2v) is 6.27. The van der Waals surface area contributed by atoms with Crippen LogP contribution in [-0.2, 0) is 9.47 Å². The normalized spacial score (nSPS) is 43.5. The summed E-state index contributed by atoms with van der Waals surface area (Å²) in [4.78, 5) is 0. The molecule has 1 saturated heterocycles. The van der Waals surface area contributed by atoms with Crippen LogP contribution in [0.15, 0.2) is 24.3 Å². The number of ether oxygens (including phenoxy) is 2. The minimum absolute atomic E-state index is 0.155. The molecule has 0 bridgehead atoms. The van der Waals surface area contributed by atoms with E-state index in [1.54, 1.807) is 7.11 Å². The van der Waals surface area contributed by atoms with Crippen molar-refractivity contribution in [2.24, 2.45) is 5.41 Å². The fraction of sp³-hybridized carbons (Fsp3) is 0.733. The van der Waals surface area contributed by atoms with Gasteiger partial charge >= 0.3 is 0 Å². The van der Waals surface area contributed by atoms with Gasteiger partial charge in [-0.15, -0.1) is 0 Å². The van der Waals surface area contributed by atoms with E-state index in [9.17, 15) is 0 Å². The zero-order valence-electron chi connectivity index (χ0n) is 11.7. The Hall–Kier alpha value is -0.600. The molecule has 3 atom stereocenters. The third kappa shape index (κ3) is 1.61. The van der Waals surface area contributed by atoms with E-state index in [2.05, 4.69) is 39.5 Å². The summed E-state index contributed by atoms with van der Waals surface area (Å²) < 4.78 is 11.8. The van der Waals surface area contributed by atoms with Crippen LogP contribution in [0.4, 0.5) is 0 Å². The molecule has 1 aliphatic carbocycles. The zero-order valence-corrected chi connectivity index (χ0v) is 11.7. The van der Waals surface area contributed by atoms with Crippen molar-refractivity contribution in [2.75, 3.05) is 7.11 Å². The molecule has 2 rings (SSSR count). The van der Waals surface area contributed by atoms with Gasteiger partial charge in [-0.25, -0.2) is 0 Å². The van der Waals surface area contributed by atoms with Crippen LogP contribution in [0.2, 0.25) is 0 Å². The van der Waals surface area contributed by atoms with Crippen LogP contribution < -0.4 is 0 Å². The van der Waals surface area contributed by atoms with Gasteiger partial charge < -0.3 is 9.47 Å². The molecule has 2 nitrogen and oxygen atoms in total. The predicted octanol–water partition coefficient (Wildman–Crippen LogP) is 3.48. The van der Waals surface area contributed by atoms with Crippen LogP contribution >= 0.6 is 0 Å². The molecule has 2 heteroatoms. The highest BCUT2D eigenvalue weighted by atomic mass is 16.7. The lowest BCUT2D eigenvalue weighted by molar-refractivity contribution is 0.0122. The van der Waals surface area contributed by atoms with E-state index in [1.165, 1.54) is 0 Å². The lowest BCUT2D eigenvalue weighted by Crippen LogP contribution is -2.48. The van der Waals surface area contributed by atoms with Crippen LogP contribution in [0.25, 0.3) is 0 Å². The first kappa shape index (κ1) is 12.8. The van der Waals surface area contributed by atoms with Crippen molar-refractivity contribution in [3.63, 3.8) is 0 Å². The van der Waals surface area contributed by atoms with Crippen molar-refractivity contribution in [1.29, 1.82) is 0 Å². The van der Waals surface area contributed by atoms with Crippen molar-refractivity contribution < 1.29 is 9.47 Å². The Balaban J connectivity index is 2.34. The second-order valence-electron chi connectivity index (χ2n) is 6.27. The highest BCUT2D eigenvalue weighted by Crippen LogP contribution is 2.66. The largest absolute Gasteiger partial charge is 0.378 e. The van der Waals surface area contributed by atoms with Gasteiger partial charge in [-0.3, -0.25) is 0 Å². The molecule has 17 heavy (non-hydrogen) atoms. The molecule has 0 aromatic heterocycles. The van der Waals surface area contributed by atoms with Crippen LogP contribution in [-0.4, -0.2) is 24.4 Å². The fourth-order valence-corrected chi connectivity index (χ4v) is 3.40. The predicted molar refractivity (Wildman–Crippen MR) is 70.0 cm³/mol. The Morgan fingerprint density at radius 3 is 2.59 bits per heavy atom. The molecule has 1 aliphatic heterocycles. The molecule has 2 fully saturated rings. The van der Waals surface area contributed by atoms with Crippen molar-refractivity contribution in [1.82, 2.24) is 0 Å². The molecule has 96 valence electrons. The Kier molecular flexibility index (Phi) is 2.79. The number of methoxy groups -OCH3 is 1. The maximum Gasteiger partial charge on any atom is 0.126 e. The van der Waals surface area contributed by atoms with Gasteiger partial charge in [0, 0.05) is 12.5 Å². The first-order valence-corrected chi connectivity index (χ1v) is 6.37. The molecule has 0 spiro atoms. The highest BCUT2D eigenvalue weighted by molar-refractivity contribution is 5.35. The van der Waals surface area contributed by atoms with Crippen molar-refractivity contribution >= 4 is 0 Å². The fourth-order valence-electron chi connectivity index (χ4n) is 3.40. The van der Waals surface area contributed by atoms with E-state index in [0.717, 1.165) is 18.4 Å². The van der Waals surface area contributed by atoms with Gasteiger partial charge in [-0.1, -0.05) is 32.1 Å². The van der Waals surface area contributed by atoms with Gasteiger partial charge in [0.1, 0.15) is 11.2 Å². The van der Waals surface area contributed by atoms with Gasteiger partial charge in [-0.05, 0) is 32.8 Å². The number of hydrogen-bond donors (Lipinski definition) is 0. The summed E-state index contributed by atoms with van der Waals surface area (Å²) in [6, 6.07) is 0. The summed E-state index contributed by atoms with van der Waals surface area (Å²) in [6.07, 6.45) is 6.67. The number of fused-ring (bicyclic) bond motifs is 1. The maximum atomic E-state index is 6.17. The Morgan fingerprint density at radius 2 is 2.06 bits per heavy atom. The molecule has 0 N–H and O–H groups in total. The average molecular weight is 236 g/mol. The summed E-state index contributed by atoms with van der Waals surface area (Å²) in [7, 11) is 1.78. The minimum Gasteiger partial charge on any atom is -0.378 e. The Bertz CT molecular complexity index is 369. The first-order chi connectivity index (χ1) is 7.79. The number of allylic oxidation sites excluding steroid dienone is 2. The lowest BCUT2D eigenvalue weighted by atomic mass is 9.63. The molecule has 1 saturated carbocycles. The average Bonchev–Trinajstić information content (AvgIpc) is 2.85. The number of hydrogen-bond acceptors (Lipinski definition) is 2. The zero-order chi connectivity index (χ0) is 12.9. The lowest BCUT2D eigenvalue weighted by Gasteiger charge is -2.40. The van der Waals surface area contributed by atoms with E-state index in [4.69, 9.17) is 9.47 Å². The van der Waals surface area contributed by atoms with E-state index >= 15 is 0 Å². The van der Waals surface area contributed by atoms with Crippen LogP contribution in [0, 0.1) is 5.41 Å².